The minimum atomic E-state index is -0.499. The first kappa shape index (κ1) is 30.9. The van der Waals surface area contributed by atoms with Crippen LogP contribution in [0.2, 0.25) is 0 Å². The van der Waals surface area contributed by atoms with Crippen molar-refractivity contribution in [3.8, 4) is 39.6 Å². The fourth-order valence-corrected chi connectivity index (χ4v) is 8.22. The van der Waals surface area contributed by atoms with Crippen LogP contribution < -0.4 is 14.5 Å². The van der Waals surface area contributed by atoms with Crippen molar-refractivity contribution < 1.29 is 14.3 Å². The molecule has 0 radical (unpaired) electrons. The number of para-hydroxylation sites is 3. The van der Waals surface area contributed by atoms with Crippen molar-refractivity contribution in [3.05, 3.63) is 193 Å². The first-order valence-corrected chi connectivity index (χ1v) is 20.7. The Labute approximate surface area is 369 Å². The van der Waals surface area contributed by atoms with E-state index in [9.17, 15) is 2.74 Å². The van der Waals surface area contributed by atoms with Crippen LogP contribution in [0.25, 0.3) is 49.9 Å². The predicted molar refractivity (Wildman–Crippen MR) is 255 cm³/mol. The number of aromatic nitrogens is 2. The molecular formula is C56H50N4O. The van der Waals surface area contributed by atoms with Gasteiger partial charge in [-0.25, -0.2) is 4.98 Å². The van der Waals surface area contributed by atoms with Gasteiger partial charge in [0.2, 0.25) is 0 Å². The molecule has 0 aliphatic carbocycles. The second kappa shape index (κ2) is 14.9. The highest BCUT2D eigenvalue weighted by Crippen LogP contribution is 2.51. The van der Waals surface area contributed by atoms with Crippen molar-refractivity contribution in [2.45, 2.75) is 52.4 Å². The van der Waals surface area contributed by atoms with Gasteiger partial charge < -0.3 is 14.5 Å². The fourth-order valence-electron chi connectivity index (χ4n) is 8.22. The van der Waals surface area contributed by atoms with Gasteiger partial charge in [0.05, 0.1) is 37.7 Å². The Balaban J connectivity index is 1.11. The Morgan fingerprint density at radius 1 is 0.557 bits per heavy atom. The average Bonchev–Trinajstić information content (AvgIpc) is 3.86. The lowest BCUT2D eigenvalue weighted by Gasteiger charge is -2.30. The zero-order valence-electron chi connectivity index (χ0n) is 42.2. The van der Waals surface area contributed by atoms with Crippen LogP contribution >= 0.6 is 0 Å². The summed E-state index contributed by atoms with van der Waals surface area (Å²) in [6.07, 6.45) is 1.72. The minimum Gasteiger partial charge on any atom is -0.457 e. The first-order chi connectivity index (χ1) is 32.4. The molecule has 5 nitrogen and oxygen atoms in total. The third-order valence-electron chi connectivity index (χ3n) is 11.4. The lowest BCUT2D eigenvalue weighted by molar-refractivity contribution is 0.483. The molecule has 10 rings (SSSR count). The van der Waals surface area contributed by atoms with Gasteiger partial charge in [-0.3, -0.25) is 4.57 Å². The van der Waals surface area contributed by atoms with Crippen LogP contribution in [0.5, 0.6) is 11.5 Å². The van der Waals surface area contributed by atoms with E-state index in [0.29, 0.717) is 69.1 Å². The third kappa shape index (κ3) is 7.00. The number of anilines is 4. The Bertz CT molecular complexity index is 3400. The van der Waals surface area contributed by atoms with Crippen LogP contribution in [0, 0.1) is 0 Å². The summed E-state index contributed by atoms with van der Waals surface area (Å²) in [6.45, 7) is 12.8. The lowest BCUT2D eigenvalue weighted by atomic mass is 9.82. The number of pyridine rings is 1. The van der Waals surface area contributed by atoms with Crippen molar-refractivity contribution >= 4 is 44.6 Å². The van der Waals surface area contributed by atoms with Crippen LogP contribution in [0.4, 0.5) is 22.7 Å². The fraction of sp³-hybridized carbons (Fsp3) is 0.161. The van der Waals surface area contributed by atoms with Crippen molar-refractivity contribution in [3.63, 3.8) is 0 Å². The molecule has 5 heteroatoms. The number of nitrogens with zero attached hydrogens (tertiary/aromatic N) is 4. The van der Waals surface area contributed by atoms with Crippen molar-refractivity contribution in [2.75, 3.05) is 16.5 Å². The van der Waals surface area contributed by atoms with Gasteiger partial charge in [-0.05, 0) is 99.7 Å². The molecule has 0 spiro atoms. The Kier molecular flexibility index (Phi) is 7.52. The Morgan fingerprint density at radius 3 is 1.85 bits per heavy atom. The van der Waals surface area contributed by atoms with Gasteiger partial charge in [-0.2, -0.15) is 0 Å². The molecule has 1 aliphatic heterocycles. The van der Waals surface area contributed by atoms with E-state index < -0.39 is 5.41 Å². The van der Waals surface area contributed by atoms with Crippen LogP contribution in [0.3, 0.4) is 0 Å². The van der Waals surface area contributed by atoms with Crippen LogP contribution in [-0.4, -0.2) is 16.2 Å². The van der Waals surface area contributed by atoms with Crippen LogP contribution in [0.1, 0.15) is 62.3 Å². The molecule has 0 bridgehead atoms. The maximum Gasteiger partial charge on any atom is 0.137 e. The normalized spacial score (nSPS) is 14.6. The molecule has 0 amide bonds. The molecule has 0 atom stereocenters. The summed E-state index contributed by atoms with van der Waals surface area (Å²) in [4.78, 5) is 9.06. The quantitative estimate of drug-likeness (QED) is 0.161. The molecule has 3 heterocycles. The number of rotatable bonds is 7. The summed E-state index contributed by atoms with van der Waals surface area (Å²) >= 11 is 0. The molecular weight excluding hydrogens is 745 g/mol. The van der Waals surface area contributed by atoms with Crippen LogP contribution in [-0.2, 0) is 10.8 Å². The molecule has 2 aromatic heterocycles. The number of hydrogen-bond donors (Lipinski definition) is 0. The van der Waals surface area contributed by atoms with Gasteiger partial charge in [-0.15, -0.1) is 0 Å². The highest BCUT2D eigenvalue weighted by atomic mass is 16.5. The van der Waals surface area contributed by atoms with Crippen LogP contribution in [0.15, 0.2) is 182 Å². The van der Waals surface area contributed by atoms with E-state index in [2.05, 4.69) is 57.4 Å². The minimum absolute atomic E-state index is 0.133. The molecule has 0 saturated heterocycles. The van der Waals surface area contributed by atoms with Gasteiger partial charge >= 0.3 is 0 Å². The zero-order valence-corrected chi connectivity index (χ0v) is 35.2. The maximum atomic E-state index is 9.88. The molecule has 0 saturated carbocycles. The van der Waals surface area contributed by atoms with Crippen molar-refractivity contribution in [1.82, 2.24) is 9.55 Å². The molecule has 0 unspecified atom stereocenters. The summed E-state index contributed by atoms with van der Waals surface area (Å²) < 4.78 is 72.5. The number of fused-ring (bicyclic) bond motifs is 4. The Hall–Kier alpha value is -7.11. The number of benzene rings is 7. The zero-order chi connectivity index (χ0) is 48.0. The highest BCUT2D eigenvalue weighted by Gasteiger charge is 2.32. The van der Waals surface area contributed by atoms with Gasteiger partial charge in [0.25, 0.3) is 0 Å². The van der Waals surface area contributed by atoms with Gasteiger partial charge in [0.15, 0.2) is 0 Å². The predicted octanol–water partition coefficient (Wildman–Crippen LogP) is 15.1. The summed E-state index contributed by atoms with van der Waals surface area (Å²) in [5, 5.41) is 1.01. The summed E-state index contributed by atoms with van der Waals surface area (Å²) in [5.74, 6) is 1.36. The summed E-state index contributed by atoms with van der Waals surface area (Å²) in [6, 6.07) is 42.7. The molecule has 0 N–H and O–H groups in total. The lowest BCUT2D eigenvalue weighted by Crippen LogP contribution is -2.25. The smallest absolute Gasteiger partial charge is 0.137 e. The number of hydrogen-bond acceptors (Lipinski definition) is 4. The number of ether oxygens (including phenoxy) is 1. The van der Waals surface area contributed by atoms with Gasteiger partial charge in [0, 0.05) is 45.9 Å². The largest absolute Gasteiger partial charge is 0.457 e. The summed E-state index contributed by atoms with van der Waals surface area (Å²) in [5.41, 5.74) is 8.35. The van der Waals surface area contributed by atoms with E-state index in [4.69, 9.17) is 16.6 Å². The van der Waals surface area contributed by atoms with Crippen molar-refractivity contribution in [1.29, 1.82) is 0 Å². The molecule has 9 aromatic rings. The van der Waals surface area contributed by atoms with E-state index in [-0.39, 0.29) is 35.6 Å². The molecule has 300 valence electrons. The van der Waals surface area contributed by atoms with E-state index in [0.717, 1.165) is 44.9 Å². The standard InChI is InChI=1S/C56H50N4O/c1-55(2,3)40-30-31-57-53(34-40)60-49-25-14-13-24-45(49)46-29-28-44(36-52(46)60)61-43-23-17-22-42(35-43)58-37-59(51-27-16-15-26-50(51)58)54-47(38-18-9-7-10-19-38)32-41(56(4,5)6)33-48(54)39-20-11-8-12-21-39/h7-36H,37H2,1-6H3/i13D,14D,17D,24D,25D,32D,33D. The highest BCUT2D eigenvalue weighted by molar-refractivity contribution is 6.09. The molecule has 7 aromatic carbocycles. The van der Waals surface area contributed by atoms with E-state index >= 15 is 0 Å². The molecule has 61 heavy (non-hydrogen) atoms. The second-order valence-corrected chi connectivity index (χ2v) is 17.6. The average molecular weight is 802 g/mol. The SMILES string of the molecule is [2H]c1cc(Oc2ccc3c4c([2H])c([2H])c([2H])c([2H])c4n(-c4cc(C(C)(C)C)ccn4)c3c2)cc(N2CN(c3c(-c4ccccc4)c([2H])c(C(C)(C)C)c([2H])c3-c3ccccc3)c3ccccc32)c1. The first-order valence-electron chi connectivity index (χ1n) is 24.2. The second-order valence-electron chi connectivity index (χ2n) is 17.6. The monoisotopic (exact) mass is 801 g/mol. The van der Waals surface area contributed by atoms with Gasteiger partial charge in [0.1, 0.15) is 24.0 Å². The molecule has 1 aliphatic rings. The third-order valence-corrected chi connectivity index (χ3v) is 11.4. The molecule has 0 fully saturated rings. The summed E-state index contributed by atoms with van der Waals surface area (Å²) in [7, 11) is 0. The maximum absolute atomic E-state index is 9.88. The van der Waals surface area contributed by atoms with E-state index in [1.54, 1.807) is 29.0 Å². The van der Waals surface area contributed by atoms with E-state index in [1.165, 1.54) is 0 Å². The van der Waals surface area contributed by atoms with Crippen molar-refractivity contribution in [2.24, 2.45) is 0 Å². The van der Waals surface area contributed by atoms with Gasteiger partial charge in [-0.1, -0.05) is 139 Å². The topological polar surface area (TPSA) is 33.5 Å². The van der Waals surface area contributed by atoms with E-state index in [1.807, 2.05) is 109 Å². The Morgan fingerprint density at radius 2 is 1.18 bits per heavy atom.